The summed E-state index contributed by atoms with van der Waals surface area (Å²) in [6.45, 7) is 19.2. The highest BCUT2D eigenvalue weighted by Gasteiger charge is 2.57. The zero-order chi connectivity index (χ0) is 44.1. The van der Waals surface area contributed by atoms with Gasteiger partial charge in [0.25, 0.3) is 0 Å². The van der Waals surface area contributed by atoms with Crippen LogP contribution in [0.2, 0.25) is 11.1 Å². The molecule has 0 spiro atoms. The lowest BCUT2D eigenvalue weighted by Crippen LogP contribution is -2.66. The fraction of sp³-hybridized carbons (Fsp3) is 0.500. The number of nitrogens with zero attached hydrogens (tertiary/aromatic N) is 2. The Bertz CT molecular complexity index is 1990. The van der Waals surface area contributed by atoms with Gasteiger partial charge < -0.3 is 42.6 Å². The van der Waals surface area contributed by atoms with E-state index in [0.29, 0.717) is 59.2 Å². The molecule has 0 bridgehead atoms. The summed E-state index contributed by atoms with van der Waals surface area (Å²) < 4.78 is 57.4. The number of anilines is 1. The van der Waals surface area contributed by atoms with Crippen LogP contribution in [0.3, 0.4) is 0 Å². The summed E-state index contributed by atoms with van der Waals surface area (Å²) in [5, 5.41) is -0.616. The standard InChI is InChI=1S/C50H67FN2O8Si/c1-37(2)62(38(3)4,50(5,6)60-36-41-17-22-47-46(32-41)52(26-28-58-47)24-12-27-55-7)61-48-33-53(49(54)59-35-39-13-9-8-10-14-39)25-23-45(48)42-18-20-44(21-19-42)57-30-29-56-34-40-15-11-16-43(51)31-40/h8-11,13-22,31-32,37-38,45,48H,12,23-30,33-36H2,1-7H3. The van der Waals surface area contributed by atoms with Gasteiger partial charge in [0.1, 0.15) is 37.1 Å². The van der Waals surface area contributed by atoms with Gasteiger partial charge in [0.15, 0.2) is 0 Å². The first-order valence-electron chi connectivity index (χ1n) is 22.2. The molecule has 1 fully saturated rings. The lowest BCUT2D eigenvalue weighted by atomic mass is 9.87. The summed E-state index contributed by atoms with van der Waals surface area (Å²) in [7, 11) is -1.13. The maximum Gasteiger partial charge on any atom is 0.410 e. The monoisotopic (exact) mass is 870 g/mol. The molecule has 2 atom stereocenters. The van der Waals surface area contributed by atoms with Crippen LogP contribution in [-0.2, 0) is 43.2 Å². The van der Waals surface area contributed by atoms with Gasteiger partial charge in [-0.1, -0.05) is 88.4 Å². The third kappa shape index (κ3) is 12.0. The maximum absolute atomic E-state index is 13.7. The Kier molecular flexibility index (Phi) is 16.9. The van der Waals surface area contributed by atoms with E-state index < -0.39 is 13.5 Å². The number of fused-ring (bicyclic) bond motifs is 1. The quantitative estimate of drug-likeness (QED) is 0.0600. The van der Waals surface area contributed by atoms with Gasteiger partial charge in [-0.05, 0) is 96.4 Å². The minimum atomic E-state index is -2.87. The van der Waals surface area contributed by atoms with Crippen molar-refractivity contribution >= 4 is 20.1 Å². The van der Waals surface area contributed by atoms with Crippen molar-refractivity contribution in [3.63, 3.8) is 0 Å². The van der Waals surface area contributed by atoms with Gasteiger partial charge in [-0.2, -0.15) is 0 Å². The highest BCUT2D eigenvalue weighted by Crippen LogP contribution is 2.47. The Morgan fingerprint density at radius 2 is 1.58 bits per heavy atom. The van der Waals surface area contributed by atoms with Crippen molar-refractivity contribution in [3.8, 4) is 11.5 Å². The third-order valence-electron chi connectivity index (χ3n) is 12.3. The van der Waals surface area contributed by atoms with Gasteiger partial charge in [-0.3, -0.25) is 0 Å². The molecule has 2 unspecified atom stereocenters. The van der Waals surface area contributed by atoms with Gasteiger partial charge in [0.2, 0.25) is 8.32 Å². The number of rotatable bonds is 21. The first kappa shape index (κ1) is 47.0. The fourth-order valence-electron chi connectivity index (χ4n) is 9.38. The molecule has 336 valence electrons. The highest BCUT2D eigenvalue weighted by atomic mass is 28.4. The van der Waals surface area contributed by atoms with Gasteiger partial charge in [0.05, 0.1) is 43.4 Å². The number of hydrogen-bond acceptors (Lipinski definition) is 9. The minimum absolute atomic E-state index is 0.0155. The molecule has 0 N–H and O–H groups in total. The van der Waals surface area contributed by atoms with E-state index in [9.17, 15) is 9.18 Å². The molecule has 4 aromatic carbocycles. The largest absolute Gasteiger partial charge is 0.491 e. The van der Waals surface area contributed by atoms with Crippen molar-refractivity contribution in [1.82, 2.24) is 4.90 Å². The van der Waals surface area contributed by atoms with Crippen LogP contribution in [0, 0.1) is 5.82 Å². The molecule has 6 rings (SSSR count). The van der Waals surface area contributed by atoms with Crippen LogP contribution in [0.25, 0.3) is 0 Å². The van der Waals surface area contributed by atoms with E-state index >= 15 is 0 Å². The van der Waals surface area contributed by atoms with E-state index in [0.717, 1.165) is 59.0 Å². The molecule has 2 heterocycles. The smallest absolute Gasteiger partial charge is 0.410 e. The average Bonchev–Trinajstić information content (AvgIpc) is 3.27. The number of piperidine rings is 1. The van der Waals surface area contributed by atoms with E-state index in [1.165, 1.54) is 12.1 Å². The zero-order valence-corrected chi connectivity index (χ0v) is 38.8. The molecule has 0 radical (unpaired) electrons. The molecule has 1 saturated heterocycles. The summed E-state index contributed by atoms with van der Waals surface area (Å²) in [6.07, 6.45) is 1.00. The SMILES string of the molecule is COCCCN1CCOc2ccc(COC(C)(C)[Si](OC3CN(C(=O)OCc4ccccc4)CCC3c3ccc(OCCOCc4cccc(F)c4)cc3)(C(C)C)C(C)C)cc21. The Hall–Kier alpha value is -4.46. The molecular formula is C50H67FN2O8Si. The summed E-state index contributed by atoms with van der Waals surface area (Å²) in [6, 6.07) is 30.8. The molecule has 0 aliphatic carbocycles. The molecule has 2 aliphatic heterocycles. The first-order chi connectivity index (χ1) is 29.9. The van der Waals surface area contributed by atoms with Crippen molar-refractivity contribution in [3.05, 3.63) is 125 Å². The molecule has 2 aliphatic rings. The summed E-state index contributed by atoms with van der Waals surface area (Å²) in [4.78, 5) is 17.9. The lowest BCUT2D eigenvalue weighted by molar-refractivity contribution is -0.0175. The molecule has 0 aromatic heterocycles. The van der Waals surface area contributed by atoms with Crippen molar-refractivity contribution in [2.75, 3.05) is 64.6 Å². The molecule has 62 heavy (non-hydrogen) atoms. The Balaban J connectivity index is 1.19. The minimum Gasteiger partial charge on any atom is -0.491 e. The van der Waals surface area contributed by atoms with Crippen LogP contribution in [0.15, 0.2) is 97.1 Å². The van der Waals surface area contributed by atoms with Crippen LogP contribution in [-0.4, -0.2) is 90.4 Å². The number of methoxy groups -OCH3 is 1. The highest BCUT2D eigenvalue weighted by molar-refractivity contribution is 6.79. The van der Waals surface area contributed by atoms with Crippen LogP contribution >= 0.6 is 0 Å². The van der Waals surface area contributed by atoms with Crippen LogP contribution in [0.5, 0.6) is 11.5 Å². The van der Waals surface area contributed by atoms with Gasteiger partial charge in [0, 0.05) is 39.3 Å². The second-order valence-corrected chi connectivity index (χ2v) is 22.9. The van der Waals surface area contributed by atoms with Crippen molar-refractivity contribution in [2.24, 2.45) is 0 Å². The number of benzene rings is 4. The van der Waals surface area contributed by atoms with Crippen molar-refractivity contribution in [1.29, 1.82) is 0 Å². The first-order valence-corrected chi connectivity index (χ1v) is 24.3. The second kappa shape index (κ2) is 22.2. The van der Waals surface area contributed by atoms with E-state index in [-0.39, 0.29) is 41.6 Å². The molecule has 4 aromatic rings. The molecule has 10 nitrogen and oxygen atoms in total. The Labute approximate surface area is 369 Å². The number of likely N-dealkylation sites (tertiary alicyclic amines) is 1. The molecule has 0 saturated carbocycles. The number of hydrogen-bond donors (Lipinski definition) is 0. The van der Waals surface area contributed by atoms with Crippen molar-refractivity contribution in [2.45, 2.75) is 103 Å². The zero-order valence-electron chi connectivity index (χ0n) is 37.8. The van der Waals surface area contributed by atoms with E-state index in [1.807, 2.05) is 53.4 Å². The van der Waals surface area contributed by atoms with E-state index in [1.54, 1.807) is 13.2 Å². The topological polar surface area (TPSA) is 88.2 Å². The predicted octanol–water partition coefficient (Wildman–Crippen LogP) is 10.5. The van der Waals surface area contributed by atoms with Gasteiger partial charge in [-0.25, -0.2) is 9.18 Å². The predicted molar refractivity (Wildman–Crippen MR) is 244 cm³/mol. The summed E-state index contributed by atoms with van der Waals surface area (Å²) in [5.74, 6) is 1.37. The normalized spacial score (nSPS) is 16.9. The second-order valence-electron chi connectivity index (χ2n) is 17.5. The van der Waals surface area contributed by atoms with Gasteiger partial charge in [-0.15, -0.1) is 0 Å². The van der Waals surface area contributed by atoms with E-state index in [4.69, 9.17) is 32.8 Å². The fourth-order valence-corrected chi connectivity index (χ4v) is 15.4. The number of carbonyl (C=O) groups is 1. The number of halogens is 1. The summed E-state index contributed by atoms with van der Waals surface area (Å²) >= 11 is 0. The number of amides is 1. The summed E-state index contributed by atoms with van der Waals surface area (Å²) in [5.41, 5.74) is 5.40. The van der Waals surface area contributed by atoms with Gasteiger partial charge >= 0.3 is 6.09 Å². The van der Waals surface area contributed by atoms with Crippen LogP contribution in [0.4, 0.5) is 14.9 Å². The number of ether oxygens (including phenoxy) is 6. The number of carbonyl (C=O) groups excluding carboxylic acids is 1. The lowest BCUT2D eigenvalue weighted by Gasteiger charge is -2.53. The molecule has 12 heteroatoms. The Morgan fingerprint density at radius 1 is 0.839 bits per heavy atom. The molecular weight excluding hydrogens is 804 g/mol. The Morgan fingerprint density at radius 3 is 2.31 bits per heavy atom. The van der Waals surface area contributed by atoms with Crippen LogP contribution in [0.1, 0.15) is 82.6 Å². The average molecular weight is 871 g/mol. The third-order valence-corrected chi connectivity index (χ3v) is 18.5. The van der Waals surface area contributed by atoms with Crippen molar-refractivity contribution < 1.29 is 42.0 Å². The molecule has 1 amide bonds. The van der Waals surface area contributed by atoms with E-state index in [2.05, 4.69) is 76.8 Å². The van der Waals surface area contributed by atoms with Crippen LogP contribution < -0.4 is 14.4 Å². The maximum atomic E-state index is 13.7.